The molecule has 1 fully saturated rings. The molecule has 0 unspecified atom stereocenters. The highest BCUT2D eigenvalue weighted by Gasteiger charge is 2.13. The first-order valence-electron chi connectivity index (χ1n) is 7.16. The van der Waals surface area contributed by atoms with Crippen molar-refractivity contribution in [2.45, 2.75) is 25.8 Å². The maximum atomic E-state index is 9.01. The van der Waals surface area contributed by atoms with Gasteiger partial charge in [0.25, 0.3) is 0 Å². The molecule has 1 aromatic heterocycles. The van der Waals surface area contributed by atoms with Crippen LogP contribution in [0.2, 0.25) is 0 Å². The van der Waals surface area contributed by atoms with Crippen molar-refractivity contribution in [1.82, 2.24) is 14.5 Å². The molecule has 104 valence electrons. The number of nitrogens with zero attached hydrogens (tertiary/aromatic N) is 4. The highest BCUT2D eigenvalue weighted by molar-refractivity contribution is 5.79. The third kappa shape index (κ3) is 2.47. The lowest BCUT2D eigenvalue weighted by Gasteiger charge is -2.26. The molecule has 0 aliphatic carbocycles. The number of piperidine rings is 1. The number of nitrogens with two attached hydrogens (primary N) is 1. The van der Waals surface area contributed by atoms with E-state index in [4.69, 9.17) is 11.0 Å². The lowest BCUT2D eigenvalue weighted by Crippen LogP contribution is -2.32. The molecule has 5 nitrogen and oxygen atoms in total. The summed E-state index contributed by atoms with van der Waals surface area (Å²) in [7, 11) is 0. The molecule has 0 radical (unpaired) electrons. The highest BCUT2D eigenvalue weighted by Crippen LogP contribution is 2.19. The fourth-order valence-electron chi connectivity index (χ4n) is 2.87. The monoisotopic (exact) mass is 269 g/mol. The third-order valence-corrected chi connectivity index (χ3v) is 4.00. The van der Waals surface area contributed by atoms with E-state index in [1.54, 1.807) is 6.07 Å². The van der Waals surface area contributed by atoms with E-state index in [0.717, 1.165) is 24.1 Å². The van der Waals surface area contributed by atoms with Gasteiger partial charge in [-0.25, -0.2) is 4.98 Å². The third-order valence-electron chi connectivity index (χ3n) is 4.00. The molecule has 0 saturated carbocycles. The molecule has 0 bridgehead atoms. The number of aromatic nitrogens is 2. The van der Waals surface area contributed by atoms with Crippen LogP contribution in [0.15, 0.2) is 18.2 Å². The molecule has 0 atom stereocenters. The van der Waals surface area contributed by atoms with Crippen LogP contribution < -0.4 is 5.73 Å². The summed E-state index contributed by atoms with van der Waals surface area (Å²) in [6.07, 6.45) is 3.93. The van der Waals surface area contributed by atoms with Crippen LogP contribution in [0.4, 0.5) is 5.95 Å². The molecule has 2 aromatic rings. The number of anilines is 1. The first-order valence-corrected chi connectivity index (χ1v) is 7.16. The maximum Gasteiger partial charge on any atom is 0.201 e. The molecule has 1 saturated heterocycles. The Bertz CT molecular complexity index is 646. The molecule has 1 aromatic carbocycles. The van der Waals surface area contributed by atoms with Crippen molar-refractivity contribution in [2.75, 3.05) is 25.4 Å². The standard InChI is InChI=1S/C15H19N5/c16-11-12-4-5-13-14(10-12)20(15(17)18-13)9-8-19-6-2-1-3-7-19/h4-5,10H,1-3,6-9H2,(H2,17,18). The van der Waals surface area contributed by atoms with Gasteiger partial charge in [0.05, 0.1) is 22.7 Å². The summed E-state index contributed by atoms with van der Waals surface area (Å²) < 4.78 is 2.02. The minimum absolute atomic E-state index is 0.534. The van der Waals surface area contributed by atoms with Crippen LogP contribution in [0.1, 0.15) is 24.8 Å². The van der Waals surface area contributed by atoms with Crippen LogP contribution in [-0.4, -0.2) is 34.1 Å². The summed E-state index contributed by atoms with van der Waals surface area (Å²) in [6, 6.07) is 7.68. The number of hydrogen-bond acceptors (Lipinski definition) is 4. The first kappa shape index (κ1) is 12.9. The van der Waals surface area contributed by atoms with Crippen LogP contribution in [0.5, 0.6) is 0 Å². The summed E-state index contributed by atoms with van der Waals surface area (Å²) in [5, 5.41) is 9.01. The van der Waals surface area contributed by atoms with Crippen molar-refractivity contribution in [3.8, 4) is 6.07 Å². The number of nitriles is 1. The average Bonchev–Trinajstić information content (AvgIpc) is 2.80. The zero-order valence-corrected chi connectivity index (χ0v) is 11.5. The smallest absolute Gasteiger partial charge is 0.201 e. The average molecular weight is 269 g/mol. The SMILES string of the molecule is N#Cc1ccc2nc(N)n(CCN3CCCCC3)c2c1. The normalized spacial score (nSPS) is 16.4. The predicted octanol–water partition coefficient (Wildman–Crippen LogP) is 1.98. The molecule has 2 N–H and O–H groups in total. The maximum absolute atomic E-state index is 9.01. The Kier molecular flexibility index (Phi) is 3.57. The van der Waals surface area contributed by atoms with Crippen LogP contribution in [-0.2, 0) is 6.54 Å². The van der Waals surface area contributed by atoms with Gasteiger partial charge in [-0.15, -0.1) is 0 Å². The van der Waals surface area contributed by atoms with Gasteiger partial charge >= 0.3 is 0 Å². The number of imidazole rings is 1. The number of benzene rings is 1. The summed E-state index contributed by atoms with van der Waals surface area (Å²) in [4.78, 5) is 6.84. The quantitative estimate of drug-likeness (QED) is 0.924. The predicted molar refractivity (Wildman–Crippen MR) is 79.2 cm³/mol. The second kappa shape index (κ2) is 5.51. The fraction of sp³-hybridized carbons (Fsp3) is 0.467. The summed E-state index contributed by atoms with van der Waals surface area (Å²) >= 11 is 0. The molecule has 3 rings (SSSR count). The molecule has 5 heteroatoms. The minimum Gasteiger partial charge on any atom is -0.369 e. The summed E-state index contributed by atoms with van der Waals surface area (Å²) in [5.74, 6) is 0.534. The Hall–Kier alpha value is -2.06. The number of nitrogen functional groups attached to an aromatic ring is 1. The van der Waals surface area contributed by atoms with Crippen LogP contribution >= 0.6 is 0 Å². The molecule has 1 aliphatic rings. The largest absolute Gasteiger partial charge is 0.369 e. The lowest BCUT2D eigenvalue weighted by atomic mass is 10.1. The summed E-state index contributed by atoms with van der Waals surface area (Å²) in [6.45, 7) is 4.18. The van der Waals surface area contributed by atoms with E-state index >= 15 is 0 Å². The molecular formula is C15H19N5. The van der Waals surface area contributed by atoms with Crippen molar-refractivity contribution in [1.29, 1.82) is 5.26 Å². The fourth-order valence-corrected chi connectivity index (χ4v) is 2.87. The van der Waals surface area contributed by atoms with Crippen molar-refractivity contribution in [2.24, 2.45) is 0 Å². The zero-order chi connectivity index (χ0) is 13.9. The van der Waals surface area contributed by atoms with Crippen molar-refractivity contribution < 1.29 is 0 Å². The van der Waals surface area contributed by atoms with E-state index < -0.39 is 0 Å². The molecule has 0 spiro atoms. The van der Waals surface area contributed by atoms with Gasteiger partial charge in [-0.3, -0.25) is 0 Å². The van der Waals surface area contributed by atoms with E-state index in [2.05, 4.69) is 16.0 Å². The van der Waals surface area contributed by atoms with E-state index in [9.17, 15) is 0 Å². The highest BCUT2D eigenvalue weighted by atomic mass is 15.2. The van der Waals surface area contributed by atoms with Crippen LogP contribution in [0.25, 0.3) is 11.0 Å². The van der Waals surface area contributed by atoms with Gasteiger partial charge < -0.3 is 15.2 Å². The van der Waals surface area contributed by atoms with E-state index in [0.29, 0.717) is 11.5 Å². The van der Waals surface area contributed by atoms with Gasteiger partial charge in [-0.2, -0.15) is 5.26 Å². The van der Waals surface area contributed by atoms with Crippen LogP contribution in [0.3, 0.4) is 0 Å². The second-order valence-electron chi connectivity index (χ2n) is 5.34. The Morgan fingerprint density at radius 3 is 2.75 bits per heavy atom. The van der Waals surface area contributed by atoms with Gasteiger partial charge in [0.2, 0.25) is 5.95 Å². The van der Waals surface area contributed by atoms with Crippen molar-refractivity contribution in [3.63, 3.8) is 0 Å². The van der Waals surface area contributed by atoms with E-state index in [1.807, 2.05) is 16.7 Å². The molecule has 1 aliphatic heterocycles. The molecule has 2 heterocycles. The molecule has 20 heavy (non-hydrogen) atoms. The lowest BCUT2D eigenvalue weighted by molar-refractivity contribution is 0.222. The second-order valence-corrected chi connectivity index (χ2v) is 5.34. The number of fused-ring (bicyclic) bond motifs is 1. The van der Waals surface area contributed by atoms with Gasteiger partial charge in [0.1, 0.15) is 0 Å². The van der Waals surface area contributed by atoms with Gasteiger partial charge in [0, 0.05) is 13.1 Å². The number of likely N-dealkylation sites (tertiary alicyclic amines) is 1. The Morgan fingerprint density at radius 2 is 2.00 bits per heavy atom. The van der Waals surface area contributed by atoms with E-state index in [-0.39, 0.29) is 0 Å². The topological polar surface area (TPSA) is 70.9 Å². The van der Waals surface area contributed by atoms with Gasteiger partial charge in [0.15, 0.2) is 0 Å². The number of rotatable bonds is 3. The molecular weight excluding hydrogens is 250 g/mol. The number of hydrogen-bond donors (Lipinski definition) is 1. The van der Waals surface area contributed by atoms with Gasteiger partial charge in [-0.1, -0.05) is 6.42 Å². The minimum atomic E-state index is 0.534. The molecule has 0 amide bonds. The Labute approximate surface area is 118 Å². The Morgan fingerprint density at radius 1 is 1.20 bits per heavy atom. The first-order chi connectivity index (χ1) is 9.78. The van der Waals surface area contributed by atoms with Gasteiger partial charge in [-0.05, 0) is 44.1 Å². The van der Waals surface area contributed by atoms with Crippen molar-refractivity contribution >= 4 is 17.0 Å². The zero-order valence-electron chi connectivity index (χ0n) is 11.5. The summed E-state index contributed by atoms with van der Waals surface area (Å²) in [5.41, 5.74) is 8.48. The Balaban J connectivity index is 1.82. The van der Waals surface area contributed by atoms with E-state index in [1.165, 1.54) is 32.4 Å². The van der Waals surface area contributed by atoms with Crippen LogP contribution in [0, 0.1) is 11.3 Å². The van der Waals surface area contributed by atoms with Crippen molar-refractivity contribution in [3.05, 3.63) is 23.8 Å².